The summed E-state index contributed by atoms with van der Waals surface area (Å²) in [5, 5.41) is 0. The number of hydrogen-bond donors (Lipinski definition) is 0. The Hall–Kier alpha value is -1.84. The van der Waals surface area contributed by atoms with Gasteiger partial charge in [0.15, 0.2) is 0 Å². The zero-order valence-electron chi connectivity index (χ0n) is 14.6. The molecule has 0 N–H and O–H groups in total. The molecule has 4 atom stereocenters. The van der Waals surface area contributed by atoms with Crippen molar-refractivity contribution < 1.29 is 19.1 Å². The molecule has 0 aromatic rings. The van der Waals surface area contributed by atoms with Crippen molar-refractivity contribution in [2.75, 3.05) is 13.2 Å². The van der Waals surface area contributed by atoms with E-state index in [0.29, 0.717) is 11.8 Å². The van der Waals surface area contributed by atoms with Gasteiger partial charge in [-0.1, -0.05) is 38.2 Å². The molecular formula is C20H28O4. The van der Waals surface area contributed by atoms with Crippen LogP contribution >= 0.6 is 0 Å². The van der Waals surface area contributed by atoms with Gasteiger partial charge >= 0.3 is 11.9 Å². The molecule has 4 nitrogen and oxygen atoms in total. The van der Waals surface area contributed by atoms with Gasteiger partial charge in [0.1, 0.15) is 13.2 Å². The molecule has 0 radical (unpaired) electrons. The highest BCUT2D eigenvalue weighted by molar-refractivity contribution is 5.73. The maximum Gasteiger partial charge on any atom is 0.309 e. The molecule has 0 spiro atoms. The van der Waals surface area contributed by atoms with E-state index >= 15 is 0 Å². The monoisotopic (exact) mass is 332 g/mol. The predicted molar refractivity (Wildman–Crippen MR) is 93.1 cm³/mol. The number of rotatable bonds is 6. The zero-order valence-corrected chi connectivity index (χ0v) is 14.6. The predicted octanol–water partition coefficient (Wildman–Crippen LogP) is 3.83. The van der Waals surface area contributed by atoms with Crippen molar-refractivity contribution in [3.63, 3.8) is 0 Å². The van der Waals surface area contributed by atoms with E-state index in [1.807, 2.05) is 12.2 Å². The Morgan fingerprint density at radius 1 is 0.792 bits per heavy atom. The van der Waals surface area contributed by atoms with E-state index in [1.54, 1.807) is 12.2 Å². The average molecular weight is 332 g/mol. The second kappa shape index (κ2) is 9.45. The van der Waals surface area contributed by atoms with E-state index in [1.165, 1.54) is 0 Å². The fraction of sp³-hybridized carbons (Fsp3) is 0.600. The lowest BCUT2D eigenvalue weighted by Crippen LogP contribution is -2.25. The van der Waals surface area contributed by atoms with Crippen LogP contribution in [0.15, 0.2) is 36.5 Å². The third-order valence-electron chi connectivity index (χ3n) is 4.92. The minimum atomic E-state index is -0.142. The molecule has 2 aliphatic rings. The van der Waals surface area contributed by atoms with Gasteiger partial charge in [-0.2, -0.15) is 0 Å². The standard InChI is InChI=1S/C20H28O4/c1-15-9-3-5-11-17(15)19(21)23-13-7-8-14-24-20(22)18-12-6-4-10-16(18)2/h3-8,15-18H,9-14H2,1-2H3. The van der Waals surface area contributed by atoms with E-state index < -0.39 is 0 Å². The molecule has 24 heavy (non-hydrogen) atoms. The smallest absolute Gasteiger partial charge is 0.309 e. The van der Waals surface area contributed by atoms with Crippen molar-refractivity contribution in [1.29, 1.82) is 0 Å². The SMILES string of the molecule is CC1CC=CCC1C(=O)OCC=CCOC(=O)C1CC=CCC1C. The Kier molecular flexibility index (Phi) is 7.29. The molecule has 132 valence electrons. The first kappa shape index (κ1) is 18.5. The van der Waals surface area contributed by atoms with Crippen molar-refractivity contribution in [1.82, 2.24) is 0 Å². The molecule has 0 fully saturated rings. The van der Waals surface area contributed by atoms with Crippen LogP contribution in [0.5, 0.6) is 0 Å². The van der Waals surface area contributed by atoms with E-state index in [9.17, 15) is 9.59 Å². The third kappa shape index (κ3) is 5.36. The lowest BCUT2D eigenvalue weighted by molar-refractivity contribution is -0.150. The van der Waals surface area contributed by atoms with Crippen molar-refractivity contribution >= 4 is 11.9 Å². The van der Waals surface area contributed by atoms with Crippen LogP contribution in [-0.4, -0.2) is 25.2 Å². The van der Waals surface area contributed by atoms with Gasteiger partial charge in [-0.05, 0) is 49.7 Å². The minimum absolute atomic E-state index is 0.0397. The Morgan fingerprint density at radius 3 is 1.54 bits per heavy atom. The highest BCUT2D eigenvalue weighted by Crippen LogP contribution is 2.26. The first-order chi connectivity index (χ1) is 11.6. The van der Waals surface area contributed by atoms with Crippen molar-refractivity contribution in [3.8, 4) is 0 Å². The van der Waals surface area contributed by atoms with E-state index in [4.69, 9.17) is 9.47 Å². The van der Waals surface area contributed by atoms with E-state index in [-0.39, 0.29) is 37.0 Å². The topological polar surface area (TPSA) is 52.6 Å². The number of ether oxygens (including phenoxy) is 2. The second-order valence-corrected chi connectivity index (χ2v) is 6.78. The molecule has 0 heterocycles. The van der Waals surface area contributed by atoms with Crippen LogP contribution in [0.4, 0.5) is 0 Å². The van der Waals surface area contributed by atoms with Gasteiger partial charge in [-0.15, -0.1) is 0 Å². The molecule has 2 aliphatic carbocycles. The fourth-order valence-corrected chi connectivity index (χ4v) is 3.17. The Morgan fingerprint density at radius 2 is 1.17 bits per heavy atom. The van der Waals surface area contributed by atoms with Crippen LogP contribution in [0.1, 0.15) is 39.5 Å². The summed E-state index contributed by atoms with van der Waals surface area (Å²) in [4.78, 5) is 24.0. The molecule has 4 heteroatoms. The Bertz CT molecular complexity index is 472. The number of carbonyl (C=O) groups is 2. The Balaban J connectivity index is 1.62. The van der Waals surface area contributed by atoms with Gasteiger partial charge in [0.25, 0.3) is 0 Å². The Labute approximate surface area is 144 Å². The average Bonchev–Trinajstić information content (AvgIpc) is 2.58. The molecule has 0 aromatic carbocycles. The minimum Gasteiger partial charge on any atom is -0.461 e. The van der Waals surface area contributed by atoms with Crippen LogP contribution in [0, 0.1) is 23.7 Å². The second-order valence-electron chi connectivity index (χ2n) is 6.78. The van der Waals surface area contributed by atoms with Gasteiger partial charge < -0.3 is 9.47 Å². The van der Waals surface area contributed by atoms with Crippen LogP contribution in [-0.2, 0) is 19.1 Å². The van der Waals surface area contributed by atoms with Gasteiger partial charge in [-0.3, -0.25) is 9.59 Å². The number of allylic oxidation sites excluding steroid dienone is 4. The summed E-state index contributed by atoms with van der Waals surface area (Å²) >= 11 is 0. The number of carbonyl (C=O) groups excluding carboxylic acids is 2. The number of esters is 2. The highest BCUT2D eigenvalue weighted by atomic mass is 16.5. The summed E-state index contributed by atoms with van der Waals surface area (Å²) < 4.78 is 10.6. The molecule has 0 amide bonds. The number of hydrogen-bond acceptors (Lipinski definition) is 4. The van der Waals surface area contributed by atoms with Gasteiger partial charge in [0.2, 0.25) is 0 Å². The molecule has 0 aromatic heterocycles. The molecule has 0 aliphatic heterocycles. The van der Waals surface area contributed by atoms with Gasteiger partial charge in [0.05, 0.1) is 11.8 Å². The largest absolute Gasteiger partial charge is 0.461 e. The lowest BCUT2D eigenvalue weighted by atomic mass is 9.84. The maximum atomic E-state index is 12.0. The van der Waals surface area contributed by atoms with Crippen molar-refractivity contribution in [2.45, 2.75) is 39.5 Å². The molecule has 0 saturated carbocycles. The van der Waals surface area contributed by atoms with Crippen molar-refractivity contribution in [2.24, 2.45) is 23.7 Å². The van der Waals surface area contributed by atoms with Crippen LogP contribution in [0.2, 0.25) is 0 Å². The molecular weight excluding hydrogens is 304 g/mol. The summed E-state index contributed by atoms with van der Waals surface area (Å²) in [6.07, 6.45) is 15.2. The molecule has 2 rings (SSSR count). The van der Waals surface area contributed by atoms with E-state index in [2.05, 4.69) is 26.0 Å². The van der Waals surface area contributed by atoms with Gasteiger partial charge in [-0.25, -0.2) is 0 Å². The summed E-state index contributed by atoms with van der Waals surface area (Å²) in [6, 6.07) is 0. The quantitative estimate of drug-likeness (QED) is 0.548. The fourth-order valence-electron chi connectivity index (χ4n) is 3.17. The summed E-state index contributed by atoms with van der Waals surface area (Å²) in [6.45, 7) is 4.61. The summed E-state index contributed by atoms with van der Waals surface area (Å²) in [5.41, 5.74) is 0. The maximum absolute atomic E-state index is 12.0. The van der Waals surface area contributed by atoms with Crippen LogP contribution in [0.25, 0.3) is 0 Å². The highest BCUT2D eigenvalue weighted by Gasteiger charge is 2.27. The third-order valence-corrected chi connectivity index (χ3v) is 4.92. The first-order valence-corrected chi connectivity index (χ1v) is 8.88. The van der Waals surface area contributed by atoms with E-state index in [0.717, 1.165) is 25.7 Å². The lowest BCUT2D eigenvalue weighted by Gasteiger charge is -2.23. The van der Waals surface area contributed by atoms with Gasteiger partial charge in [0, 0.05) is 0 Å². The zero-order chi connectivity index (χ0) is 17.4. The van der Waals surface area contributed by atoms with Crippen LogP contribution < -0.4 is 0 Å². The molecule has 4 unspecified atom stereocenters. The summed E-state index contributed by atoms with van der Waals surface area (Å²) in [7, 11) is 0. The normalized spacial score (nSPS) is 29.6. The first-order valence-electron chi connectivity index (χ1n) is 8.88. The molecule has 0 bridgehead atoms. The summed E-state index contributed by atoms with van der Waals surface area (Å²) in [5.74, 6) is 0.301. The van der Waals surface area contributed by atoms with Crippen molar-refractivity contribution in [3.05, 3.63) is 36.5 Å². The molecule has 0 saturated heterocycles. The van der Waals surface area contributed by atoms with Crippen LogP contribution in [0.3, 0.4) is 0 Å².